The van der Waals surface area contributed by atoms with Crippen LogP contribution in [0.4, 0.5) is 0 Å². The van der Waals surface area contributed by atoms with Gasteiger partial charge in [-0.3, -0.25) is 4.79 Å². The van der Waals surface area contributed by atoms with Crippen LogP contribution in [0.25, 0.3) is 0 Å². The van der Waals surface area contributed by atoms with E-state index >= 15 is 0 Å². The molecule has 0 aromatic heterocycles. The topological polar surface area (TPSA) is 26.3 Å². The lowest BCUT2D eigenvalue weighted by Gasteiger charge is -2.17. The van der Waals surface area contributed by atoms with Crippen LogP contribution in [0.1, 0.15) is 13.3 Å². The van der Waals surface area contributed by atoms with Crippen LogP contribution in [0.15, 0.2) is 0 Å². The summed E-state index contributed by atoms with van der Waals surface area (Å²) in [6.07, 6.45) is 2.02. The molecule has 0 atom stereocenters. The van der Waals surface area contributed by atoms with Gasteiger partial charge >= 0.3 is 5.97 Å². The minimum absolute atomic E-state index is 0.128. The molecule has 0 spiro atoms. The van der Waals surface area contributed by atoms with Crippen molar-refractivity contribution in [2.75, 3.05) is 12.2 Å². The highest BCUT2D eigenvalue weighted by atomic mass is 36.0. The van der Waals surface area contributed by atoms with Gasteiger partial charge in [-0.25, -0.2) is 0 Å². The van der Waals surface area contributed by atoms with E-state index in [1.807, 2.05) is 0 Å². The average Bonchev–Trinajstić information content (AvgIpc) is 1.81. The zero-order valence-electron chi connectivity index (χ0n) is 5.89. The summed E-state index contributed by atoms with van der Waals surface area (Å²) < 4.78 is 4.69. The van der Waals surface area contributed by atoms with E-state index in [4.69, 9.17) is 21.4 Å². The molecule has 0 aromatic carbocycles. The second-order valence-electron chi connectivity index (χ2n) is 1.86. The van der Waals surface area contributed by atoms with Gasteiger partial charge in [0.2, 0.25) is 0 Å². The van der Waals surface area contributed by atoms with Gasteiger partial charge in [0.1, 0.15) is 5.94 Å². The predicted octanol–water partition coefficient (Wildman–Crippen LogP) is 2.64. The van der Waals surface area contributed by atoms with E-state index in [0.717, 1.165) is 0 Å². The van der Waals surface area contributed by atoms with Gasteiger partial charge in [-0.2, -0.15) is 0 Å². The van der Waals surface area contributed by atoms with Crippen molar-refractivity contribution < 1.29 is 9.53 Å². The lowest BCUT2D eigenvalue weighted by Crippen LogP contribution is -2.04. The van der Waals surface area contributed by atoms with Crippen molar-refractivity contribution in [2.24, 2.45) is 0 Å². The number of halogens is 2. The fourth-order valence-corrected chi connectivity index (χ4v) is 0.877. The first kappa shape index (κ1) is 10.4. The molecular weight excluding hydrogens is 195 g/mol. The largest absolute Gasteiger partial charge is 0.454 e. The molecule has 0 aliphatic heterocycles. The van der Waals surface area contributed by atoms with Gasteiger partial charge in [-0.05, 0) is 27.6 Å². The number of hydrogen-bond acceptors (Lipinski definition) is 2. The molecule has 0 aliphatic carbocycles. The molecule has 0 unspecified atom stereocenters. The molecule has 0 aliphatic rings. The Labute approximate surface area is 71.1 Å². The summed E-state index contributed by atoms with van der Waals surface area (Å²) in [5, 5.41) is 0. The Hall–Kier alpha value is 0.400. The maximum absolute atomic E-state index is 10.5. The minimum atomic E-state index is -1.73. The molecule has 0 saturated heterocycles. The molecule has 0 rings (SSSR count). The fourth-order valence-electron chi connectivity index (χ4n) is 0.271. The zero-order chi connectivity index (χ0) is 8.20. The molecule has 0 fully saturated rings. The van der Waals surface area contributed by atoms with E-state index in [-0.39, 0.29) is 11.9 Å². The summed E-state index contributed by atoms with van der Waals surface area (Å²) in [6, 6.07) is 0. The molecule has 10 heavy (non-hydrogen) atoms. The predicted molar refractivity (Wildman–Crippen MR) is 46.5 cm³/mol. The Balaban J connectivity index is 3.46. The minimum Gasteiger partial charge on any atom is -0.454 e. The number of rotatable bonds is 3. The van der Waals surface area contributed by atoms with E-state index < -0.39 is 8.46 Å². The summed E-state index contributed by atoms with van der Waals surface area (Å²) >= 11 is 0. The van der Waals surface area contributed by atoms with Crippen LogP contribution in [-0.4, -0.2) is 18.2 Å². The fraction of sp³-hybridized carbons (Fsp3) is 0.800. The average molecular weight is 205 g/mol. The molecule has 0 bridgehead atoms. The summed E-state index contributed by atoms with van der Waals surface area (Å²) in [7, 11) is 9.48. The van der Waals surface area contributed by atoms with Crippen LogP contribution in [0.3, 0.4) is 0 Å². The summed E-state index contributed by atoms with van der Waals surface area (Å²) in [5.74, 6) is -0.136. The first-order valence-electron chi connectivity index (χ1n) is 2.76. The van der Waals surface area contributed by atoms with E-state index in [9.17, 15) is 4.79 Å². The molecule has 0 aromatic rings. The third kappa shape index (κ3) is 6.52. The lowest BCUT2D eigenvalue weighted by molar-refractivity contribution is -0.141. The molecule has 0 heterocycles. The maximum Gasteiger partial charge on any atom is 0.306 e. The van der Waals surface area contributed by atoms with Gasteiger partial charge in [0.05, 0.1) is 0 Å². The molecule has 5 heteroatoms. The number of ether oxygens (including phenoxy) is 1. The van der Waals surface area contributed by atoms with Crippen LogP contribution < -0.4 is 0 Å². The van der Waals surface area contributed by atoms with Crippen molar-refractivity contribution in [3.63, 3.8) is 0 Å². The van der Waals surface area contributed by atoms with Crippen molar-refractivity contribution >= 4 is 35.8 Å². The molecule has 0 radical (unpaired) electrons. The quantitative estimate of drug-likeness (QED) is 0.662. The van der Waals surface area contributed by atoms with Crippen LogP contribution in [0, 0.1) is 0 Å². The smallest absolute Gasteiger partial charge is 0.306 e. The highest BCUT2D eigenvalue weighted by Gasteiger charge is 2.11. The van der Waals surface area contributed by atoms with Gasteiger partial charge < -0.3 is 4.74 Å². The second-order valence-corrected chi connectivity index (χ2v) is 8.41. The van der Waals surface area contributed by atoms with Crippen LogP contribution >= 0.6 is 29.8 Å². The summed E-state index contributed by atoms with van der Waals surface area (Å²) in [6.45, 7) is 1.72. The molecular formula is C5H10Cl2O2S. The van der Waals surface area contributed by atoms with Crippen LogP contribution in [0.2, 0.25) is 0 Å². The molecule has 2 nitrogen and oxygen atoms in total. The normalized spacial score (nSPS) is 12.8. The lowest BCUT2D eigenvalue weighted by atomic mass is 10.5. The first-order valence-corrected chi connectivity index (χ1v) is 6.63. The molecule has 0 N–H and O–H groups in total. The molecule has 0 saturated carbocycles. The Bertz CT molecular complexity index is 121. The van der Waals surface area contributed by atoms with E-state index in [2.05, 4.69) is 4.74 Å². The Morgan fingerprint density at radius 3 is 2.40 bits per heavy atom. The number of esters is 1. The summed E-state index contributed by atoms with van der Waals surface area (Å²) in [4.78, 5) is 10.5. The van der Waals surface area contributed by atoms with Gasteiger partial charge in [-0.15, -0.1) is 0 Å². The number of carbonyl (C=O) groups is 1. The van der Waals surface area contributed by atoms with Crippen LogP contribution in [0.5, 0.6) is 0 Å². The SMILES string of the molecule is CCC(=O)OCS(C)(Cl)Cl. The van der Waals surface area contributed by atoms with Gasteiger partial charge in [0, 0.05) is 6.42 Å². The van der Waals surface area contributed by atoms with E-state index in [1.165, 1.54) is 0 Å². The van der Waals surface area contributed by atoms with Crippen molar-refractivity contribution in [3.8, 4) is 0 Å². The van der Waals surface area contributed by atoms with Crippen molar-refractivity contribution in [1.82, 2.24) is 0 Å². The number of hydrogen-bond donors (Lipinski definition) is 0. The standard InChI is InChI=1S/C5H10Cl2O2S/c1-3-5(8)9-4-10(2,6)7/h3-4H2,1-2H3. The van der Waals surface area contributed by atoms with Gasteiger partial charge in [0.25, 0.3) is 0 Å². The number of carbonyl (C=O) groups excluding carboxylic acids is 1. The van der Waals surface area contributed by atoms with Gasteiger partial charge in [0.15, 0.2) is 0 Å². The van der Waals surface area contributed by atoms with Gasteiger partial charge in [-0.1, -0.05) is 15.4 Å². The van der Waals surface area contributed by atoms with Crippen molar-refractivity contribution in [2.45, 2.75) is 13.3 Å². The summed E-state index contributed by atoms with van der Waals surface area (Å²) in [5.41, 5.74) is 0. The Kier molecular flexibility index (Phi) is 4.49. The third-order valence-corrected chi connectivity index (χ3v) is 1.78. The maximum atomic E-state index is 10.5. The van der Waals surface area contributed by atoms with Crippen LogP contribution in [-0.2, 0) is 9.53 Å². The van der Waals surface area contributed by atoms with Crippen molar-refractivity contribution in [3.05, 3.63) is 0 Å². The Morgan fingerprint density at radius 1 is 1.60 bits per heavy atom. The molecule has 62 valence electrons. The first-order chi connectivity index (χ1) is 4.45. The van der Waals surface area contributed by atoms with Crippen molar-refractivity contribution in [1.29, 1.82) is 0 Å². The third-order valence-electron chi connectivity index (χ3n) is 0.716. The highest BCUT2D eigenvalue weighted by molar-refractivity contribution is 8.65. The monoisotopic (exact) mass is 204 g/mol. The molecule has 0 amide bonds. The van der Waals surface area contributed by atoms with E-state index in [1.54, 1.807) is 13.2 Å². The highest BCUT2D eigenvalue weighted by Crippen LogP contribution is 2.54. The van der Waals surface area contributed by atoms with E-state index in [0.29, 0.717) is 6.42 Å². The zero-order valence-corrected chi connectivity index (χ0v) is 8.22. The Morgan fingerprint density at radius 2 is 2.10 bits per heavy atom. The second kappa shape index (κ2) is 4.31.